The maximum Gasteiger partial charge on any atom is 0.232 e. The molecule has 1 aromatic carbocycles. The number of anilines is 3. The van der Waals surface area contributed by atoms with Gasteiger partial charge in [-0.15, -0.1) is 0 Å². The van der Waals surface area contributed by atoms with E-state index >= 15 is 0 Å². The predicted octanol–water partition coefficient (Wildman–Crippen LogP) is 3.60. The van der Waals surface area contributed by atoms with E-state index in [9.17, 15) is 4.39 Å². The Morgan fingerprint density at radius 1 is 1.18 bits per heavy atom. The smallest absolute Gasteiger partial charge is 0.232 e. The Bertz CT molecular complexity index is 604. The van der Waals surface area contributed by atoms with Crippen LogP contribution in [0, 0.1) is 5.82 Å². The van der Waals surface area contributed by atoms with Gasteiger partial charge in [0, 0.05) is 24.8 Å². The molecular weight excluding hydrogens is 283 g/mol. The summed E-state index contributed by atoms with van der Waals surface area (Å²) in [6, 6.07) is 7.87. The normalized spacial score (nSPS) is 10.4. The first kappa shape index (κ1) is 16.0. The zero-order valence-electron chi connectivity index (χ0n) is 13.1. The molecule has 0 spiro atoms. The van der Waals surface area contributed by atoms with Crippen molar-refractivity contribution in [2.75, 3.05) is 30.4 Å². The Balaban J connectivity index is 2.28. The Morgan fingerprint density at radius 3 is 2.50 bits per heavy atom. The van der Waals surface area contributed by atoms with Gasteiger partial charge in [-0.1, -0.05) is 6.92 Å². The average molecular weight is 304 g/mol. The highest BCUT2D eigenvalue weighted by molar-refractivity contribution is 5.56. The largest absolute Gasteiger partial charge is 0.481 e. The molecule has 1 N–H and O–H groups in total. The summed E-state index contributed by atoms with van der Waals surface area (Å²) in [6.45, 7) is 5.97. The van der Waals surface area contributed by atoms with Crippen molar-refractivity contribution in [1.29, 1.82) is 0 Å². The Labute approximate surface area is 130 Å². The Kier molecular flexibility index (Phi) is 5.52. The molecule has 0 aliphatic carbocycles. The van der Waals surface area contributed by atoms with E-state index in [0.29, 0.717) is 11.8 Å². The van der Waals surface area contributed by atoms with E-state index in [1.54, 1.807) is 19.2 Å². The molecule has 2 aromatic rings. The fourth-order valence-corrected chi connectivity index (χ4v) is 2.10. The minimum Gasteiger partial charge on any atom is -0.481 e. The fraction of sp³-hybridized carbons (Fsp3) is 0.375. The number of aromatic nitrogens is 2. The average Bonchev–Trinajstić information content (AvgIpc) is 2.54. The summed E-state index contributed by atoms with van der Waals surface area (Å²) in [5, 5.41) is 3.07. The van der Waals surface area contributed by atoms with Gasteiger partial charge in [0.25, 0.3) is 0 Å². The van der Waals surface area contributed by atoms with Crippen molar-refractivity contribution < 1.29 is 9.13 Å². The molecule has 1 heterocycles. The molecule has 5 nitrogen and oxygen atoms in total. The van der Waals surface area contributed by atoms with Crippen LogP contribution < -0.4 is 15.0 Å². The first-order valence-corrected chi connectivity index (χ1v) is 7.36. The minimum atomic E-state index is -0.280. The van der Waals surface area contributed by atoms with Crippen LogP contribution in [0.4, 0.5) is 21.8 Å². The lowest BCUT2D eigenvalue weighted by atomic mass is 10.3. The van der Waals surface area contributed by atoms with E-state index in [-0.39, 0.29) is 5.82 Å². The number of nitrogens with one attached hydrogen (secondary N) is 1. The maximum absolute atomic E-state index is 13.0. The number of methoxy groups -OCH3 is 1. The van der Waals surface area contributed by atoms with Gasteiger partial charge >= 0.3 is 0 Å². The number of halogens is 1. The molecule has 0 saturated heterocycles. The quantitative estimate of drug-likeness (QED) is 0.847. The summed E-state index contributed by atoms with van der Waals surface area (Å²) in [7, 11) is 1.57. The van der Waals surface area contributed by atoms with Gasteiger partial charge in [-0.05, 0) is 37.6 Å². The molecule has 0 atom stereocenters. The van der Waals surface area contributed by atoms with Crippen molar-refractivity contribution in [3.8, 4) is 5.88 Å². The van der Waals surface area contributed by atoms with Crippen molar-refractivity contribution in [2.45, 2.75) is 20.3 Å². The van der Waals surface area contributed by atoms with Gasteiger partial charge in [0.2, 0.25) is 11.8 Å². The van der Waals surface area contributed by atoms with Gasteiger partial charge in [-0.2, -0.15) is 9.97 Å². The second-order valence-corrected chi connectivity index (χ2v) is 4.80. The highest BCUT2D eigenvalue weighted by Gasteiger charge is 2.10. The first-order valence-electron chi connectivity index (χ1n) is 7.36. The van der Waals surface area contributed by atoms with Gasteiger partial charge in [-0.25, -0.2) is 4.39 Å². The number of ether oxygens (including phenoxy) is 1. The number of nitrogens with zero attached hydrogens (tertiary/aromatic N) is 3. The van der Waals surface area contributed by atoms with Crippen LogP contribution in [0.3, 0.4) is 0 Å². The third-order valence-corrected chi connectivity index (χ3v) is 3.20. The molecule has 6 heteroatoms. The molecule has 2 rings (SSSR count). The minimum absolute atomic E-state index is 0.280. The van der Waals surface area contributed by atoms with Crippen molar-refractivity contribution in [1.82, 2.24) is 9.97 Å². The Hall–Kier alpha value is -2.37. The van der Waals surface area contributed by atoms with E-state index < -0.39 is 0 Å². The van der Waals surface area contributed by atoms with Gasteiger partial charge in [-0.3, -0.25) is 0 Å². The van der Waals surface area contributed by atoms with Crippen LogP contribution in [0.5, 0.6) is 5.88 Å². The van der Waals surface area contributed by atoms with Gasteiger partial charge < -0.3 is 15.0 Å². The molecule has 0 bridgehead atoms. The highest BCUT2D eigenvalue weighted by Crippen LogP contribution is 2.22. The fourth-order valence-electron chi connectivity index (χ4n) is 2.10. The van der Waals surface area contributed by atoms with E-state index in [1.165, 1.54) is 12.1 Å². The van der Waals surface area contributed by atoms with Crippen LogP contribution in [-0.4, -0.2) is 30.2 Å². The van der Waals surface area contributed by atoms with Crippen molar-refractivity contribution in [2.24, 2.45) is 0 Å². The summed E-state index contributed by atoms with van der Waals surface area (Å²) in [5.74, 6) is 1.44. The topological polar surface area (TPSA) is 50.3 Å². The van der Waals surface area contributed by atoms with E-state index in [4.69, 9.17) is 4.74 Å². The molecular formula is C16H21FN4O. The maximum atomic E-state index is 13.0. The zero-order chi connectivity index (χ0) is 15.9. The summed E-state index contributed by atoms with van der Waals surface area (Å²) in [4.78, 5) is 11.0. The first-order chi connectivity index (χ1) is 10.7. The molecule has 0 fully saturated rings. The van der Waals surface area contributed by atoms with Crippen molar-refractivity contribution in [3.63, 3.8) is 0 Å². The lowest BCUT2D eigenvalue weighted by molar-refractivity contribution is 0.397. The van der Waals surface area contributed by atoms with Crippen LogP contribution >= 0.6 is 0 Å². The Morgan fingerprint density at radius 2 is 1.91 bits per heavy atom. The number of hydrogen-bond donors (Lipinski definition) is 1. The van der Waals surface area contributed by atoms with Crippen LogP contribution in [0.15, 0.2) is 30.3 Å². The van der Waals surface area contributed by atoms with Gasteiger partial charge in [0.1, 0.15) is 11.6 Å². The van der Waals surface area contributed by atoms with Crippen LogP contribution in [0.25, 0.3) is 0 Å². The summed E-state index contributed by atoms with van der Waals surface area (Å²) < 4.78 is 18.2. The molecule has 22 heavy (non-hydrogen) atoms. The molecule has 0 amide bonds. The van der Waals surface area contributed by atoms with Crippen molar-refractivity contribution >= 4 is 17.5 Å². The van der Waals surface area contributed by atoms with Crippen LogP contribution in [0.2, 0.25) is 0 Å². The standard InChI is InChI=1S/C16H21FN4O/c1-4-10-21(5-2)14-11-15(22-3)20-16(19-14)18-13-8-6-12(17)7-9-13/h6-9,11H,4-5,10H2,1-3H3,(H,18,19,20). The molecule has 0 radical (unpaired) electrons. The highest BCUT2D eigenvalue weighted by atomic mass is 19.1. The molecule has 1 aromatic heterocycles. The third-order valence-electron chi connectivity index (χ3n) is 3.20. The van der Waals surface area contributed by atoms with Crippen LogP contribution in [0.1, 0.15) is 20.3 Å². The summed E-state index contributed by atoms with van der Waals surface area (Å²) in [6.07, 6.45) is 1.03. The van der Waals surface area contributed by atoms with E-state index in [1.807, 2.05) is 6.07 Å². The SMILES string of the molecule is CCCN(CC)c1cc(OC)nc(Nc2ccc(F)cc2)n1. The van der Waals surface area contributed by atoms with Gasteiger partial charge in [0.15, 0.2) is 0 Å². The van der Waals surface area contributed by atoms with E-state index in [2.05, 4.69) is 34.0 Å². The van der Waals surface area contributed by atoms with Crippen LogP contribution in [-0.2, 0) is 0 Å². The number of hydrogen-bond acceptors (Lipinski definition) is 5. The molecule has 0 saturated carbocycles. The second kappa shape index (κ2) is 7.59. The van der Waals surface area contributed by atoms with E-state index in [0.717, 1.165) is 31.0 Å². The summed E-state index contributed by atoms with van der Waals surface area (Å²) in [5.41, 5.74) is 0.721. The third kappa shape index (κ3) is 4.07. The summed E-state index contributed by atoms with van der Waals surface area (Å²) >= 11 is 0. The van der Waals surface area contributed by atoms with Gasteiger partial charge in [0.05, 0.1) is 7.11 Å². The second-order valence-electron chi connectivity index (χ2n) is 4.80. The van der Waals surface area contributed by atoms with Crippen molar-refractivity contribution in [3.05, 3.63) is 36.1 Å². The molecule has 0 unspecified atom stereocenters. The lowest BCUT2D eigenvalue weighted by Gasteiger charge is -2.22. The number of rotatable bonds is 7. The number of benzene rings is 1. The molecule has 0 aliphatic rings. The lowest BCUT2D eigenvalue weighted by Crippen LogP contribution is -2.24. The zero-order valence-corrected chi connectivity index (χ0v) is 13.1. The monoisotopic (exact) mass is 304 g/mol. The molecule has 0 aliphatic heterocycles. The predicted molar refractivity (Wildman–Crippen MR) is 86.4 cm³/mol. The molecule has 118 valence electrons.